The zero-order valence-electron chi connectivity index (χ0n) is 9.91. The Bertz CT molecular complexity index is 231. The van der Waals surface area contributed by atoms with Crippen molar-refractivity contribution < 1.29 is 9.59 Å². The zero-order valence-corrected chi connectivity index (χ0v) is 9.91. The second-order valence-electron chi connectivity index (χ2n) is 3.78. The summed E-state index contributed by atoms with van der Waals surface area (Å²) in [4.78, 5) is 24.1. The van der Waals surface area contributed by atoms with Gasteiger partial charge in [-0.05, 0) is 5.92 Å². The Morgan fingerprint density at radius 2 is 2.00 bits per heavy atom. The molecule has 0 rings (SSSR count). The monoisotopic (exact) mass is 215 g/mol. The predicted octanol–water partition coefficient (Wildman–Crippen LogP) is -0.436. The zero-order chi connectivity index (χ0) is 12.0. The quantitative estimate of drug-likeness (QED) is 0.653. The van der Waals surface area contributed by atoms with E-state index in [1.54, 1.807) is 7.05 Å². The third-order valence-corrected chi connectivity index (χ3v) is 2.58. The molecule has 0 aliphatic carbocycles. The molecule has 0 aliphatic rings. The smallest absolute Gasteiger partial charge is 0.239 e. The number of carbonyl (C=O) groups excluding carboxylic acids is 2. The minimum Gasteiger partial charge on any atom is -0.358 e. The van der Waals surface area contributed by atoms with Crippen LogP contribution in [0.1, 0.15) is 20.3 Å². The van der Waals surface area contributed by atoms with Gasteiger partial charge in [0.1, 0.15) is 0 Å². The van der Waals surface area contributed by atoms with Crippen LogP contribution < -0.4 is 11.1 Å². The minimum atomic E-state index is -0.523. The number of nitrogens with one attached hydrogen (secondary N) is 1. The molecule has 1 unspecified atom stereocenters. The van der Waals surface area contributed by atoms with E-state index in [2.05, 4.69) is 5.32 Å². The molecule has 2 atom stereocenters. The van der Waals surface area contributed by atoms with Crippen LogP contribution in [0.5, 0.6) is 0 Å². The van der Waals surface area contributed by atoms with Crippen molar-refractivity contribution >= 4 is 11.8 Å². The van der Waals surface area contributed by atoms with Crippen LogP contribution in [0.15, 0.2) is 0 Å². The highest BCUT2D eigenvalue weighted by atomic mass is 16.2. The van der Waals surface area contributed by atoms with Gasteiger partial charge in [-0.25, -0.2) is 0 Å². The summed E-state index contributed by atoms with van der Waals surface area (Å²) in [6, 6.07) is -0.523. The third kappa shape index (κ3) is 4.29. The van der Waals surface area contributed by atoms with Crippen molar-refractivity contribution in [1.29, 1.82) is 0 Å². The highest BCUT2D eigenvalue weighted by Crippen LogP contribution is 2.07. The molecule has 0 fully saturated rings. The van der Waals surface area contributed by atoms with Gasteiger partial charge >= 0.3 is 0 Å². The lowest BCUT2D eigenvalue weighted by atomic mass is 9.99. The highest BCUT2D eigenvalue weighted by Gasteiger charge is 2.23. The van der Waals surface area contributed by atoms with Gasteiger partial charge in [-0.15, -0.1) is 0 Å². The first-order valence-electron chi connectivity index (χ1n) is 5.15. The first-order valence-corrected chi connectivity index (χ1v) is 5.15. The van der Waals surface area contributed by atoms with Crippen molar-refractivity contribution in [3.63, 3.8) is 0 Å². The molecule has 3 N–H and O–H groups in total. The molecule has 0 spiro atoms. The average molecular weight is 215 g/mol. The second kappa shape index (κ2) is 6.40. The molecule has 5 heteroatoms. The summed E-state index contributed by atoms with van der Waals surface area (Å²) in [5.74, 6) is -0.250. The van der Waals surface area contributed by atoms with E-state index in [0.29, 0.717) is 0 Å². The lowest BCUT2D eigenvalue weighted by Crippen LogP contribution is -2.48. The molecule has 2 amide bonds. The standard InChI is InChI=1S/C10H21N3O2/c1-5-7(2)9(11)10(15)13(4)6-8(14)12-3/h7,9H,5-6,11H2,1-4H3,(H,12,14)/t7?,9-/m0/s1. The Labute approximate surface area is 91.0 Å². The van der Waals surface area contributed by atoms with E-state index in [1.807, 2.05) is 13.8 Å². The fourth-order valence-corrected chi connectivity index (χ4v) is 1.12. The van der Waals surface area contributed by atoms with Crippen molar-refractivity contribution in [2.75, 3.05) is 20.6 Å². The first-order chi connectivity index (χ1) is 6.93. The van der Waals surface area contributed by atoms with Crippen LogP contribution in [0.3, 0.4) is 0 Å². The molecule has 0 heterocycles. The lowest BCUT2D eigenvalue weighted by Gasteiger charge is -2.23. The maximum atomic E-state index is 11.7. The molecule has 0 saturated heterocycles. The molecule has 0 aliphatic heterocycles. The van der Waals surface area contributed by atoms with Crippen molar-refractivity contribution in [2.45, 2.75) is 26.3 Å². The Morgan fingerprint density at radius 3 is 2.40 bits per heavy atom. The molecule has 0 radical (unpaired) electrons. The van der Waals surface area contributed by atoms with Crippen LogP contribution in [0.25, 0.3) is 0 Å². The topological polar surface area (TPSA) is 75.4 Å². The van der Waals surface area contributed by atoms with Gasteiger partial charge in [-0.3, -0.25) is 9.59 Å². The van der Waals surface area contributed by atoms with Gasteiger partial charge in [0.15, 0.2) is 0 Å². The van der Waals surface area contributed by atoms with Crippen LogP contribution in [0.2, 0.25) is 0 Å². The summed E-state index contributed by atoms with van der Waals surface area (Å²) in [5.41, 5.74) is 5.77. The molecule has 0 aromatic heterocycles. The van der Waals surface area contributed by atoms with Gasteiger partial charge in [0.25, 0.3) is 0 Å². The fourth-order valence-electron chi connectivity index (χ4n) is 1.12. The summed E-state index contributed by atoms with van der Waals surface area (Å²) in [6.45, 7) is 3.96. The Balaban J connectivity index is 4.25. The molecular weight excluding hydrogens is 194 g/mol. The largest absolute Gasteiger partial charge is 0.358 e. The molecule has 0 aromatic carbocycles. The predicted molar refractivity (Wildman–Crippen MR) is 59.1 cm³/mol. The Kier molecular flexibility index (Phi) is 5.93. The van der Waals surface area contributed by atoms with E-state index in [-0.39, 0.29) is 24.3 Å². The van der Waals surface area contributed by atoms with Crippen molar-refractivity contribution in [3.05, 3.63) is 0 Å². The number of amides is 2. The average Bonchev–Trinajstić information content (AvgIpc) is 2.25. The Morgan fingerprint density at radius 1 is 1.47 bits per heavy atom. The number of rotatable bonds is 5. The van der Waals surface area contributed by atoms with Crippen molar-refractivity contribution in [3.8, 4) is 0 Å². The molecule has 0 saturated carbocycles. The van der Waals surface area contributed by atoms with Crippen LogP contribution in [-0.2, 0) is 9.59 Å². The summed E-state index contributed by atoms with van der Waals surface area (Å²) in [7, 11) is 3.12. The molecule has 0 bridgehead atoms. The molecule has 5 nitrogen and oxygen atoms in total. The number of carbonyl (C=O) groups is 2. The molecule has 15 heavy (non-hydrogen) atoms. The molecule has 88 valence electrons. The molecular formula is C10H21N3O2. The fraction of sp³-hybridized carbons (Fsp3) is 0.800. The van der Waals surface area contributed by atoms with E-state index in [9.17, 15) is 9.59 Å². The van der Waals surface area contributed by atoms with E-state index >= 15 is 0 Å². The summed E-state index contributed by atoms with van der Waals surface area (Å²) in [5, 5.41) is 2.46. The van der Waals surface area contributed by atoms with Gasteiger partial charge in [-0.1, -0.05) is 20.3 Å². The van der Waals surface area contributed by atoms with Crippen LogP contribution >= 0.6 is 0 Å². The van der Waals surface area contributed by atoms with E-state index in [4.69, 9.17) is 5.73 Å². The van der Waals surface area contributed by atoms with E-state index in [1.165, 1.54) is 11.9 Å². The van der Waals surface area contributed by atoms with Gasteiger partial charge in [0, 0.05) is 14.1 Å². The van der Waals surface area contributed by atoms with Crippen molar-refractivity contribution in [1.82, 2.24) is 10.2 Å². The highest BCUT2D eigenvalue weighted by molar-refractivity contribution is 5.87. The summed E-state index contributed by atoms with van der Waals surface area (Å²) >= 11 is 0. The maximum Gasteiger partial charge on any atom is 0.239 e. The third-order valence-electron chi connectivity index (χ3n) is 2.58. The summed E-state index contributed by atoms with van der Waals surface area (Å²) in [6.07, 6.45) is 0.848. The number of likely N-dealkylation sites (N-methyl/N-ethyl adjacent to an activating group) is 2. The van der Waals surface area contributed by atoms with Gasteiger partial charge in [0.2, 0.25) is 11.8 Å². The minimum absolute atomic E-state index is 0.0550. The van der Waals surface area contributed by atoms with Gasteiger partial charge in [0.05, 0.1) is 12.6 Å². The second-order valence-corrected chi connectivity index (χ2v) is 3.78. The van der Waals surface area contributed by atoms with E-state index < -0.39 is 6.04 Å². The van der Waals surface area contributed by atoms with Crippen molar-refractivity contribution in [2.24, 2.45) is 11.7 Å². The Hall–Kier alpha value is -1.10. The van der Waals surface area contributed by atoms with Crippen LogP contribution in [-0.4, -0.2) is 43.4 Å². The number of nitrogens with two attached hydrogens (primary N) is 1. The number of nitrogens with zero attached hydrogens (tertiary/aromatic N) is 1. The normalized spacial score (nSPS) is 14.2. The van der Waals surface area contributed by atoms with E-state index in [0.717, 1.165) is 6.42 Å². The van der Waals surface area contributed by atoms with Gasteiger partial charge in [-0.2, -0.15) is 0 Å². The number of hydrogen-bond acceptors (Lipinski definition) is 3. The maximum absolute atomic E-state index is 11.7. The lowest BCUT2D eigenvalue weighted by molar-refractivity contribution is -0.136. The van der Waals surface area contributed by atoms with Gasteiger partial charge < -0.3 is 16.0 Å². The summed E-state index contributed by atoms with van der Waals surface area (Å²) < 4.78 is 0. The SMILES string of the molecule is CCC(C)[C@H](N)C(=O)N(C)CC(=O)NC. The van der Waals surface area contributed by atoms with Crippen LogP contribution in [0.4, 0.5) is 0 Å². The van der Waals surface area contributed by atoms with Crippen LogP contribution in [0, 0.1) is 5.92 Å². The number of hydrogen-bond donors (Lipinski definition) is 2. The molecule has 0 aromatic rings. The first kappa shape index (κ1) is 13.9.